The van der Waals surface area contributed by atoms with Gasteiger partial charge in [0.15, 0.2) is 0 Å². The Morgan fingerprint density at radius 1 is 0.248 bits per heavy atom. The first-order valence-electron chi connectivity index (χ1n) is 49.7. The first kappa shape index (κ1) is 50.7. The molecule has 7 heteroatoms. The lowest BCUT2D eigenvalue weighted by Crippen LogP contribution is -2.61. The third-order valence-electron chi connectivity index (χ3n) is 23.2. The first-order valence-corrected chi connectivity index (χ1v) is 39.2. The maximum Gasteiger partial charge on any atom is 0.252 e. The Bertz CT molecular complexity index is 8320. The average Bonchev–Trinajstić information content (AvgIpc) is 1.03. The predicted octanol–water partition coefficient (Wildman–Crippen LogP) is 27.8. The molecule has 556 valence electrons. The lowest BCUT2D eigenvalue weighted by atomic mass is 9.33. The second-order valence-electron chi connectivity index (χ2n) is 32.2. The van der Waals surface area contributed by atoms with Crippen LogP contribution in [-0.4, -0.2) is 20.4 Å². The van der Waals surface area contributed by atoms with E-state index in [-0.39, 0.29) is 82.9 Å². The minimum atomic E-state index is -0.848. The molecule has 0 fully saturated rings. The first-order chi connectivity index (χ1) is 66.0. The van der Waals surface area contributed by atoms with Crippen LogP contribution >= 0.6 is 0 Å². The van der Waals surface area contributed by atoms with Gasteiger partial charge in [-0.2, -0.15) is 0 Å². The number of hydrogen-bond donors (Lipinski definition) is 0. The van der Waals surface area contributed by atoms with Crippen molar-refractivity contribution in [2.75, 3.05) is 14.7 Å². The molecule has 0 bridgehead atoms. The van der Waals surface area contributed by atoms with Crippen molar-refractivity contribution in [2.45, 2.75) is 52.4 Å². The molecule has 17 aromatic carbocycles. The van der Waals surface area contributed by atoms with Gasteiger partial charge in [0.05, 0.1) is 67.6 Å². The summed E-state index contributed by atoms with van der Waals surface area (Å²) in [4.78, 5) is 6.08. The summed E-state index contributed by atoms with van der Waals surface area (Å²) in [6.07, 6.45) is 0. The Hall–Kier alpha value is -14.4. The van der Waals surface area contributed by atoms with E-state index in [9.17, 15) is 19.2 Å². The topological polar surface area (TPSA) is 24.5 Å². The zero-order valence-electron chi connectivity index (χ0n) is 85.7. The fraction of sp³-hybridized carbons (Fsp3) is 0.0727. The smallest absolute Gasteiger partial charge is 0.252 e. The van der Waals surface area contributed by atoms with Gasteiger partial charge in [0, 0.05) is 94.9 Å². The van der Waals surface area contributed by atoms with Crippen LogP contribution in [0.4, 0.5) is 51.2 Å². The highest BCUT2D eigenvalue weighted by Gasteiger charge is 2.45. The number of fused-ring (bicyclic) bond motifs is 13. The Morgan fingerprint density at radius 3 is 1.02 bits per heavy atom. The molecule has 6 nitrogen and oxygen atoms in total. The van der Waals surface area contributed by atoms with Crippen molar-refractivity contribution in [1.82, 2.24) is 13.7 Å². The van der Waals surface area contributed by atoms with Gasteiger partial charge in [0.2, 0.25) is 0 Å². The Morgan fingerprint density at radius 2 is 0.598 bits per heavy atom. The molecule has 0 spiro atoms. The summed E-state index contributed by atoms with van der Waals surface area (Å²) < 4.78 is 203. The van der Waals surface area contributed by atoms with Gasteiger partial charge in [-0.15, -0.1) is 0 Å². The molecule has 3 aromatic heterocycles. The third-order valence-corrected chi connectivity index (χ3v) is 23.2. The average molecular weight is 1520 g/mol. The van der Waals surface area contributed by atoms with Crippen molar-refractivity contribution in [2.24, 2.45) is 0 Å². The molecule has 20 aromatic rings. The highest BCUT2D eigenvalue weighted by molar-refractivity contribution is 7.00. The fourth-order valence-corrected chi connectivity index (χ4v) is 17.7. The SMILES string of the molecule is [2H]c1c([2H])c([2H])c(N(c2ccc(-n3c4c([2H])c([2H])c([2H])c([2H])c4c4c([2H])c([2H])c([2H])c([2H])c43)cc2)c2ccc3c(c2)N(c2cc(-c4ccccc4)cc(-c4ccccc4)c2)c2cc(-n4c5ccc(C(C)(C)C)cc5c5cc(C(C)(C)C)ccc54)cc4c2B3c2ccc(-n3c5c([2H])c([2H])c([2H])c([2H])c5c5c([2H])c([2H])c([2H])c([2H])c53)cc2N4c2cc(-c3ccccc3)cc(-c3ccccc3)c2)c([2H])c1[2H]. The largest absolute Gasteiger partial charge is 0.311 e. The monoisotopic (exact) mass is 1520 g/mol. The standard InChI is InChI=1S/C110H83BN6/c1-109(2,3)80-48-58-102-94(66-80)95-67-81(110(4,5)6)49-59-103(95)115(102)89-70-106-108-107(71-89)117(88-64-78(74-34-16-9-17-35-74)61-79(65-88)75-36-18-10-19-37-75)105-69-86(114-100-46-28-24-42-92(100)93-43-25-29-47-101(93)114)55-57-97(105)111(108)96-56-54-85(68-104(96)116(106)87-62-76(72-30-12-7-13-31-72)60-77(63-87)73-32-14-8-15-33-73)112(82-38-20-11-21-39-82)83-50-52-84(53-51-83)113-98-44-26-22-40-90(98)91-41-23-27-45-99(91)113/h7-71H,1-6H3/i11D,20D,21D,22D,23D,24D,25D,26D,27D,28D,29D,38D,39D,40D,41D,42D,43D,44D,45D,46D,47D. The minimum absolute atomic E-state index is 0.0844. The second-order valence-corrected chi connectivity index (χ2v) is 32.2. The van der Waals surface area contributed by atoms with Crippen molar-refractivity contribution >= 4 is 140 Å². The van der Waals surface area contributed by atoms with Crippen LogP contribution in [0.15, 0.2) is 394 Å². The summed E-state index contributed by atoms with van der Waals surface area (Å²) in [7, 11) is 0. The number of para-hydroxylation sites is 5. The molecule has 0 atom stereocenters. The maximum atomic E-state index is 10.1. The minimum Gasteiger partial charge on any atom is -0.311 e. The molecule has 22 rings (SSSR count). The fourth-order valence-electron chi connectivity index (χ4n) is 17.7. The molecule has 0 aliphatic carbocycles. The molecule has 0 amide bonds. The van der Waals surface area contributed by atoms with Crippen molar-refractivity contribution < 1.29 is 28.8 Å². The van der Waals surface area contributed by atoms with Gasteiger partial charge in [0.25, 0.3) is 6.71 Å². The van der Waals surface area contributed by atoms with Gasteiger partial charge in [0.1, 0.15) is 0 Å². The molecule has 0 saturated heterocycles. The summed E-state index contributed by atoms with van der Waals surface area (Å²) in [5.74, 6) is 0. The summed E-state index contributed by atoms with van der Waals surface area (Å²) in [6.45, 7) is 12.4. The molecule has 0 radical (unpaired) electrons. The molecule has 0 N–H and O–H groups in total. The predicted molar refractivity (Wildman–Crippen MR) is 497 cm³/mol. The lowest BCUT2D eigenvalue weighted by Gasteiger charge is -2.45. The zero-order chi connectivity index (χ0) is 96.6. The molecule has 0 unspecified atom stereocenters. The van der Waals surface area contributed by atoms with Crippen LogP contribution in [0.3, 0.4) is 0 Å². The molecular formula is C110H83BN6. The van der Waals surface area contributed by atoms with Crippen LogP contribution in [-0.2, 0) is 10.8 Å². The van der Waals surface area contributed by atoms with E-state index in [0.29, 0.717) is 50.7 Å². The van der Waals surface area contributed by atoms with Gasteiger partial charge < -0.3 is 28.4 Å². The van der Waals surface area contributed by atoms with Gasteiger partial charge in [-0.05, 0) is 240 Å². The Balaban J connectivity index is 0.910. The van der Waals surface area contributed by atoms with E-state index >= 15 is 0 Å². The van der Waals surface area contributed by atoms with Gasteiger partial charge >= 0.3 is 0 Å². The van der Waals surface area contributed by atoms with Gasteiger partial charge in [-0.3, -0.25) is 0 Å². The molecule has 2 aliphatic heterocycles. The van der Waals surface area contributed by atoms with E-state index in [0.717, 1.165) is 82.9 Å². The molecule has 0 saturated carbocycles. The van der Waals surface area contributed by atoms with Crippen LogP contribution in [0, 0.1) is 0 Å². The summed E-state index contributed by atoms with van der Waals surface area (Å²) in [6, 6.07) is 77.2. The van der Waals surface area contributed by atoms with Crippen molar-refractivity contribution in [3.8, 4) is 61.6 Å². The highest BCUT2D eigenvalue weighted by atomic mass is 15.2. The number of hydrogen-bond acceptors (Lipinski definition) is 3. The highest BCUT2D eigenvalue weighted by Crippen LogP contribution is 2.52. The van der Waals surface area contributed by atoms with E-state index in [1.54, 1.807) is 33.7 Å². The van der Waals surface area contributed by atoms with Crippen LogP contribution < -0.4 is 31.1 Å². The second kappa shape index (κ2) is 27.2. The van der Waals surface area contributed by atoms with E-state index < -0.39 is 134 Å². The summed E-state index contributed by atoms with van der Waals surface area (Å²) in [5, 5.41) is 1.51. The summed E-state index contributed by atoms with van der Waals surface area (Å²) in [5.41, 5.74) is 17.1. The molecule has 117 heavy (non-hydrogen) atoms. The maximum absolute atomic E-state index is 10.1. The molecule has 2 aliphatic rings. The summed E-state index contributed by atoms with van der Waals surface area (Å²) >= 11 is 0. The van der Waals surface area contributed by atoms with Gasteiger partial charge in [-0.25, -0.2) is 0 Å². The number of nitrogens with zero attached hydrogens (tertiary/aromatic N) is 6. The molecular weight excluding hydrogens is 1420 g/mol. The third kappa shape index (κ3) is 11.5. The molecule has 5 heterocycles. The van der Waals surface area contributed by atoms with Crippen LogP contribution in [0.25, 0.3) is 127 Å². The van der Waals surface area contributed by atoms with Crippen LogP contribution in [0.1, 0.15) is 81.5 Å². The number of aromatic nitrogens is 3. The number of benzene rings is 17. The van der Waals surface area contributed by atoms with Gasteiger partial charge in [-0.1, -0.05) is 278 Å². The Kier molecular flexibility index (Phi) is 11.8. The van der Waals surface area contributed by atoms with Crippen molar-refractivity contribution in [3.05, 3.63) is 405 Å². The zero-order valence-corrected chi connectivity index (χ0v) is 64.7. The number of rotatable bonds is 12. The van der Waals surface area contributed by atoms with E-state index in [4.69, 9.17) is 9.60 Å². The quantitative estimate of drug-likeness (QED) is 0.114. The van der Waals surface area contributed by atoms with E-state index in [1.165, 1.54) is 4.57 Å². The Labute approximate surface area is 712 Å². The normalized spacial score (nSPS) is 15.2. The lowest BCUT2D eigenvalue weighted by molar-refractivity contribution is 0.590. The van der Waals surface area contributed by atoms with Crippen LogP contribution in [0.5, 0.6) is 0 Å². The van der Waals surface area contributed by atoms with E-state index in [2.05, 4.69) is 189 Å². The number of anilines is 9. The van der Waals surface area contributed by atoms with E-state index in [1.807, 2.05) is 109 Å². The van der Waals surface area contributed by atoms with Crippen molar-refractivity contribution in [1.29, 1.82) is 0 Å². The van der Waals surface area contributed by atoms with Crippen molar-refractivity contribution in [3.63, 3.8) is 0 Å². The van der Waals surface area contributed by atoms with Crippen LogP contribution in [0.2, 0.25) is 0 Å².